The van der Waals surface area contributed by atoms with Crippen LogP contribution in [0, 0.1) is 13.8 Å². The molecule has 6 aromatic heterocycles. The molecule has 18 nitrogen and oxygen atoms in total. The Morgan fingerprint density at radius 3 is 1.48 bits per heavy atom. The summed E-state index contributed by atoms with van der Waals surface area (Å²) in [5.41, 5.74) is 12.9. The molecule has 0 radical (unpaired) electrons. The van der Waals surface area contributed by atoms with Gasteiger partial charge in [-0.05, 0) is 167 Å². The summed E-state index contributed by atoms with van der Waals surface area (Å²) in [7, 11) is 50.2. The number of rotatable bonds is 18. The van der Waals surface area contributed by atoms with Gasteiger partial charge in [-0.2, -0.15) is 19.2 Å². The number of nitrogens with one attached hydrogen (secondary N) is 1. The van der Waals surface area contributed by atoms with E-state index in [0.29, 0.717) is 24.4 Å². The van der Waals surface area contributed by atoms with Gasteiger partial charge in [0.15, 0.2) is 11.3 Å². The summed E-state index contributed by atoms with van der Waals surface area (Å²) in [6.07, 6.45) is 12.0. The van der Waals surface area contributed by atoms with E-state index in [1.54, 1.807) is 6.33 Å². The van der Waals surface area contributed by atoms with Crippen LogP contribution in [0.4, 0.5) is 17.5 Å². The van der Waals surface area contributed by atoms with Crippen LogP contribution in [0.3, 0.4) is 0 Å². The second kappa shape index (κ2) is 43.9. The maximum absolute atomic E-state index is 5.91. The smallest absolute Gasteiger partial charge is 0.158 e. The number of ether oxygens (including phenoxy) is 4. The van der Waals surface area contributed by atoms with Crippen LogP contribution in [0.25, 0.3) is 33.1 Å². The second-order valence-electron chi connectivity index (χ2n) is 24.1. The highest BCUT2D eigenvalue weighted by Gasteiger charge is 2.50. The lowest BCUT2D eigenvalue weighted by Gasteiger charge is -2.51. The summed E-state index contributed by atoms with van der Waals surface area (Å²) >= 11 is 5.91. The maximum atomic E-state index is 5.91. The van der Waals surface area contributed by atoms with E-state index < -0.39 is 0 Å². The number of hydrogen-bond donors (Lipinski definition) is 1. The predicted octanol–water partition coefficient (Wildman–Crippen LogP) is 24.3. The van der Waals surface area contributed by atoms with E-state index in [1.165, 1.54) is 53.9 Å². The molecular formula is C54H94ClN14O4P29. The van der Waals surface area contributed by atoms with Crippen molar-refractivity contribution in [2.24, 2.45) is 0 Å². The molecule has 12 heterocycles. The Kier molecular flexibility index (Phi) is 38.3. The standard InChI is InChI=1S/C27H31N7O2.C18H25N5O2.C9H7ClN2.H31P29/c1-18-5-4-6-20-25(18)26(29-17-28-20)33-9-3-2-7-23(33)21-15-24-30-22-16-36-12-8-19(22)27(34(24)31-21)32-10-13-35-14-11-32;1-2-5-19-14(3-1)15-11-17-20-16-12-25-8-4-13(16)18(23(17)21-15)22-6-9-24-10-7-22;1-6-3-2-4-7-8(6)9(10)12-5-11-7;1-16-24(17(2)3)28(25(18(4)5)19(6)7)29(26(20(8)9)21(10)11)27(22(12)13)23(14)15/h4-6,15,17,23H,2-3,7-14,16H2,1H3;11,14,19H,1-10,12H2;2-5H,1H3;16H,1-15H2. The topological polar surface area (TPSA) is 171 Å². The van der Waals surface area contributed by atoms with Gasteiger partial charge in [0.05, 0.1) is 98.7 Å². The van der Waals surface area contributed by atoms with Crippen LogP contribution in [0.1, 0.15) is 95.6 Å². The fourth-order valence-electron chi connectivity index (χ4n) is 13.0. The minimum atomic E-state index is -0.0415. The van der Waals surface area contributed by atoms with E-state index >= 15 is 0 Å². The first-order valence-corrected chi connectivity index (χ1v) is 85.3. The van der Waals surface area contributed by atoms with Gasteiger partial charge >= 0.3 is 0 Å². The van der Waals surface area contributed by atoms with Gasteiger partial charge in [-0.3, -0.25) is 0 Å². The van der Waals surface area contributed by atoms with Crippen LogP contribution in [0.15, 0.2) is 61.2 Å². The van der Waals surface area contributed by atoms with Crippen molar-refractivity contribution in [2.75, 3.05) is 93.6 Å². The average molecular weight is 1940 g/mol. The third-order valence-corrected chi connectivity index (χ3v) is 208. The molecule has 0 bridgehead atoms. The molecule has 4 fully saturated rings. The molecule has 14 rings (SSSR count). The second-order valence-corrected chi connectivity index (χ2v) is 139. The fourth-order valence-corrected chi connectivity index (χ4v) is 391. The molecule has 2 aromatic carbocycles. The first-order valence-electron chi connectivity index (χ1n) is 32.7. The number of piperidine rings is 2. The summed E-state index contributed by atoms with van der Waals surface area (Å²) in [5, 5.41) is 16.4. The van der Waals surface area contributed by atoms with Crippen molar-refractivity contribution in [2.45, 2.75) is 90.5 Å². The number of aromatic nitrogens is 10. The van der Waals surface area contributed by atoms with E-state index in [9.17, 15) is 0 Å². The van der Waals surface area contributed by atoms with Gasteiger partial charge in [-0.1, -0.05) is 50.2 Å². The summed E-state index contributed by atoms with van der Waals surface area (Å²) < 4.78 is 26.8. The Morgan fingerprint density at radius 2 is 0.990 bits per heavy atom. The predicted molar refractivity (Wildman–Crippen MR) is 525 cm³/mol. The van der Waals surface area contributed by atoms with Crippen LogP contribution in [0.2, 0.25) is 5.15 Å². The van der Waals surface area contributed by atoms with Crippen molar-refractivity contribution in [3.05, 3.63) is 111 Å². The molecule has 20 unspecified atom stereocenters. The monoisotopic (exact) mass is 1940 g/mol. The molecule has 6 aliphatic rings. The van der Waals surface area contributed by atoms with Crippen LogP contribution in [-0.4, -0.2) is 128 Å². The first kappa shape index (κ1) is 89.1. The summed E-state index contributed by atoms with van der Waals surface area (Å²) in [4.78, 5) is 34.5. The first-order chi connectivity index (χ1) is 49.2. The fraction of sp³-hybridized carbons (Fsp3) is 0.481. The van der Waals surface area contributed by atoms with Gasteiger partial charge in [0, 0.05) is 79.6 Å². The molecule has 0 spiro atoms. The van der Waals surface area contributed by atoms with Gasteiger partial charge in [0.2, 0.25) is 0 Å². The van der Waals surface area contributed by atoms with Crippen LogP contribution >= 0.6 is 244 Å². The minimum Gasteiger partial charge on any atom is -0.378 e. The average Bonchev–Trinajstić information content (AvgIpc) is 1.53. The minimum absolute atomic E-state index is 0.0147. The number of fused-ring (bicyclic) bond motifs is 6. The number of anilines is 3. The highest BCUT2D eigenvalue weighted by Crippen LogP contribution is 3.37. The largest absolute Gasteiger partial charge is 0.378 e. The van der Waals surface area contributed by atoms with Gasteiger partial charge in [0.1, 0.15) is 35.3 Å². The molecule has 20 atom stereocenters. The Labute approximate surface area is 657 Å². The lowest BCUT2D eigenvalue weighted by atomic mass is 9.98. The van der Waals surface area contributed by atoms with E-state index in [1.807, 2.05) is 25.1 Å². The van der Waals surface area contributed by atoms with Crippen LogP contribution in [-0.2, 0) is 45.0 Å². The molecule has 0 aliphatic carbocycles. The SMILES string of the molecule is Cc1cccc2ncnc(Cl)c12.Cc1cccc2ncnc(N3CCCCC3c3cc4nc5c(c(N6CCOCC6)n4n3)CCOC5)c12.PPP(P(P)P)P(P(P(P)P)P(P)P)P(P(P(P)P)P(P)P)P(P(P)P)P(P)P.c1c(C2CCCCN2)nn2c(N3CCOCC3)c3c(nc12)COCC3. The molecule has 48 heteroatoms. The molecule has 0 amide bonds. The number of benzene rings is 2. The lowest BCUT2D eigenvalue weighted by molar-refractivity contribution is 0.106. The zero-order valence-corrected chi connectivity index (χ0v) is 87.5. The van der Waals surface area contributed by atoms with Gasteiger partial charge in [0.25, 0.3) is 0 Å². The van der Waals surface area contributed by atoms with E-state index in [2.05, 4.69) is 215 Å². The van der Waals surface area contributed by atoms with Gasteiger partial charge < -0.3 is 39.0 Å². The van der Waals surface area contributed by atoms with Gasteiger partial charge in [-0.15, -0.1) is 134 Å². The van der Waals surface area contributed by atoms with Crippen molar-refractivity contribution in [3.8, 4) is 0 Å². The molecule has 0 saturated carbocycles. The molecule has 4 saturated heterocycles. The highest BCUT2D eigenvalue weighted by molar-refractivity contribution is 9.43. The Morgan fingerprint density at radius 1 is 0.510 bits per heavy atom. The van der Waals surface area contributed by atoms with Crippen molar-refractivity contribution in [1.82, 2.24) is 54.4 Å². The molecule has 556 valence electrons. The summed E-state index contributed by atoms with van der Waals surface area (Å²) in [5.74, 6) is 3.38. The maximum Gasteiger partial charge on any atom is 0.158 e. The Bertz CT molecular complexity index is 3990. The molecular weight excluding hydrogens is 1840 g/mol. The van der Waals surface area contributed by atoms with E-state index in [-0.39, 0.29) is 96.9 Å². The molecule has 6 aliphatic heterocycles. The Hall–Kier alpha value is 6.32. The van der Waals surface area contributed by atoms with E-state index in [0.717, 1.165) is 186 Å². The third-order valence-electron chi connectivity index (χ3n) is 17.5. The van der Waals surface area contributed by atoms with Crippen LogP contribution in [0.5, 0.6) is 0 Å². The van der Waals surface area contributed by atoms with Crippen molar-refractivity contribution in [1.29, 1.82) is 0 Å². The normalized spacial score (nSPS) is 19.2. The third kappa shape index (κ3) is 22.4. The number of aryl methyl sites for hydroxylation is 2. The van der Waals surface area contributed by atoms with Gasteiger partial charge in [-0.25, -0.2) is 29.9 Å². The number of hydrogen-bond acceptors (Lipinski definition) is 16. The quantitative estimate of drug-likeness (QED) is 0.0635. The molecule has 8 aromatic rings. The van der Waals surface area contributed by atoms with Crippen molar-refractivity contribution in [3.63, 3.8) is 0 Å². The van der Waals surface area contributed by atoms with Crippen LogP contribution < -0.4 is 20.0 Å². The summed E-state index contributed by atoms with van der Waals surface area (Å²) in [6.45, 7) is 15.5. The van der Waals surface area contributed by atoms with Crippen molar-refractivity contribution < 1.29 is 18.9 Å². The Balaban J connectivity index is 0.000000144. The molecule has 1 N–H and O–H groups in total. The number of nitrogens with zero attached hydrogens (tertiary/aromatic N) is 13. The number of halogens is 1. The van der Waals surface area contributed by atoms with Crippen molar-refractivity contribution >= 4 is 295 Å². The zero-order chi connectivity index (χ0) is 72.5. The lowest BCUT2D eigenvalue weighted by Crippen LogP contribution is -2.39. The summed E-state index contributed by atoms with van der Waals surface area (Å²) in [6, 6.07) is 17.0. The number of morpholine rings is 2. The molecule has 102 heavy (non-hydrogen) atoms. The zero-order valence-electron chi connectivity index (χ0n) is 56.8. The highest BCUT2D eigenvalue weighted by atomic mass is 35.5. The van der Waals surface area contributed by atoms with E-state index in [4.69, 9.17) is 55.7 Å².